The summed E-state index contributed by atoms with van der Waals surface area (Å²) in [6.45, 7) is 3.48. The second-order valence-electron chi connectivity index (χ2n) is 8.78. The van der Waals surface area contributed by atoms with Crippen molar-refractivity contribution in [3.63, 3.8) is 0 Å². The van der Waals surface area contributed by atoms with E-state index in [4.69, 9.17) is 23.2 Å². The highest BCUT2D eigenvalue weighted by atomic mass is 35.5. The lowest BCUT2D eigenvalue weighted by atomic mass is 9.85. The van der Waals surface area contributed by atoms with Gasteiger partial charge < -0.3 is 14.4 Å². The molecule has 0 spiro atoms. The van der Waals surface area contributed by atoms with Crippen LogP contribution in [0.2, 0.25) is 10.0 Å². The number of aromatic nitrogens is 4. The molecule has 7 nitrogen and oxygen atoms in total. The van der Waals surface area contributed by atoms with E-state index in [-0.39, 0.29) is 43.2 Å². The number of fused-ring (bicyclic) bond motifs is 2. The SMILES string of the molecule is C[C@@H]1CN(c2c(Cl)cnc3cc(Cl)ccc23)CC[C@@H]1C(=O)N1CCn2c(nnc2C(F)(F)F)C1. The number of carbonyl (C=O) groups is 1. The molecule has 34 heavy (non-hydrogen) atoms. The lowest BCUT2D eigenvalue weighted by Gasteiger charge is -2.40. The molecule has 12 heteroatoms. The average molecular weight is 513 g/mol. The van der Waals surface area contributed by atoms with Crippen molar-refractivity contribution in [2.75, 3.05) is 24.5 Å². The Morgan fingerprint density at radius 1 is 1.15 bits per heavy atom. The van der Waals surface area contributed by atoms with Crippen LogP contribution in [-0.4, -0.2) is 50.2 Å². The van der Waals surface area contributed by atoms with E-state index >= 15 is 0 Å². The molecular formula is C22H21Cl2F3N6O. The number of amides is 1. The molecule has 1 amide bonds. The third kappa shape index (κ3) is 4.07. The van der Waals surface area contributed by atoms with Gasteiger partial charge in [-0.1, -0.05) is 30.1 Å². The van der Waals surface area contributed by atoms with Gasteiger partial charge in [0, 0.05) is 48.7 Å². The molecule has 0 radical (unpaired) electrons. The number of piperidine rings is 1. The quantitative estimate of drug-likeness (QED) is 0.499. The van der Waals surface area contributed by atoms with Gasteiger partial charge in [0.1, 0.15) is 0 Å². The standard InChI is InChI=1S/C22H21Cl2F3N6O/c1-12-10-31(19-15-3-2-13(23)8-17(15)28-9-16(19)24)5-4-14(12)20(34)32-6-7-33-18(11-32)29-30-21(33)22(25,26)27/h2-3,8-9,12,14H,4-7,10-11H2,1H3/t12-,14+/m1/s1. The fourth-order valence-corrected chi connectivity index (χ4v) is 5.39. The first-order chi connectivity index (χ1) is 16.1. The summed E-state index contributed by atoms with van der Waals surface area (Å²) in [6.07, 6.45) is -2.36. The van der Waals surface area contributed by atoms with Gasteiger partial charge in [0.15, 0.2) is 5.82 Å². The number of hydrogen-bond acceptors (Lipinski definition) is 5. The molecule has 0 N–H and O–H groups in total. The van der Waals surface area contributed by atoms with Crippen molar-refractivity contribution in [2.24, 2.45) is 11.8 Å². The molecule has 0 bridgehead atoms. The van der Waals surface area contributed by atoms with Gasteiger partial charge in [0.2, 0.25) is 11.7 Å². The van der Waals surface area contributed by atoms with Gasteiger partial charge in [-0.3, -0.25) is 9.78 Å². The van der Waals surface area contributed by atoms with Crippen molar-refractivity contribution in [3.05, 3.63) is 46.1 Å². The minimum atomic E-state index is -4.57. The molecule has 0 saturated carbocycles. The third-order valence-electron chi connectivity index (χ3n) is 6.62. The molecule has 2 atom stereocenters. The van der Waals surface area contributed by atoms with Crippen molar-refractivity contribution in [2.45, 2.75) is 32.6 Å². The molecule has 1 saturated heterocycles. The molecule has 1 fully saturated rings. The van der Waals surface area contributed by atoms with Gasteiger partial charge in [-0.25, -0.2) is 0 Å². The van der Waals surface area contributed by atoms with Crippen LogP contribution in [-0.2, 0) is 24.1 Å². The highest BCUT2D eigenvalue weighted by molar-refractivity contribution is 6.35. The van der Waals surface area contributed by atoms with Gasteiger partial charge in [-0.05, 0) is 30.5 Å². The Hall–Kier alpha value is -2.59. The number of pyridine rings is 1. The molecule has 4 heterocycles. The molecule has 0 aliphatic carbocycles. The van der Waals surface area contributed by atoms with Gasteiger partial charge in [-0.2, -0.15) is 13.2 Å². The first-order valence-corrected chi connectivity index (χ1v) is 11.7. The van der Waals surface area contributed by atoms with E-state index in [9.17, 15) is 18.0 Å². The summed E-state index contributed by atoms with van der Waals surface area (Å²) >= 11 is 12.6. The van der Waals surface area contributed by atoms with Gasteiger partial charge in [0.25, 0.3) is 0 Å². The normalized spacial score (nSPS) is 21.1. The first-order valence-electron chi connectivity index (χ1n) is 10.9. The van der Waals surface area contributed by atoms with Crippen molar-refractivity contribution in [1.29, 1.82) is 0 Å². The maximum absolute atomic E-state index is 13.3. The Bertz CT molecular complexity index is 1260. The average Bonchev–Trinajstić information content (AvgIpc) is 3.22. The third-order valence-corrected chi connectivity index (χ3v) is 7.13. The zero-order chi connectivity index (χ0) is 24.2. The highest BCUT2D eigenvalue weighted by Gasteiger charge is 2.41. The van der Waals surface area contributed by atoms with Gasteiger partial charge in [0.05, 0.1) is 22.8 Å². The van der Waals surface area contributed by atoms with E-state index in [1.165, 1.54) is 0 Å². The van der Waals surface area contributed by atoms with Crippen LogP contribution in [0.3, 0.4) is 0 Å². The Balaban J connectivity index is 1.32. The Morgan fingerprint density at radius 3 is 2.68 bits per heavy atom. The monoisotopic (exact) mass is 512 g/mol. The summed E-state index contributed by atoms with van der Waals surface area (Å²) in [4.78, 5) is 21.4. The predicted octanol–water partition coefficient (Wildman–Crippen LogP) is 4.66. The Morgan fingerprint density at radius 2 is 1.94 bits per heavy atom. The van der Waals surface area contributed by atoms with Crippen LogP contribution in [0.25, 0.3) is 10.9 Å². The van der Waals surface area contributed by atoms with E-state index in [2.05, 4.69) is 20.1 Å². The molecule has 5 rings (SSSR count). The van der Waals surface area contributed by atoms with Crippen LogP contribution < -0.4 is 4.90 Å². The fourth-order valence-electron chi connectivity index (χ4n) is 4.95. The summed E-state index contributed by atoms with van der Waals surface area (Å²) in [5, 5.41) is 8.98. The molecule has 3 aromatic rings. The lowest BCUT2D eigenvalue weighted by Crippen LogP contribution is -2.49. The van der Waals surface area contributed by atoms with Crippen LogP contribution in [0.15, 0.2) is 24.4 Å². The van der Waals surface area contributed by atoms with Crippen molar-refractivity contribution in [3.8, 4) is 0 Å². The summed E-state index contributed by atoms with van der Waals surface area (Å²) in [5.41, 5.74) is 1.61. The smallest absolute Gasteiger partial charge is 0.369 e. The van der Waals surface area contributed by atoms with Crippen LogP contribution in [0, 0.1) is 11.8 Å². The van der Waals surface area contributed by atoms with Crippen molar-refractivity contribution >= 4 is 45.7 Å². The highest BCUT2D eigenvalue weighted by Crippen LogP contribution is 2.38. The van der Waals surface area contributed by atoms with E-state index in [1.54, 1.807) is 23.2 Å². The van der Waals surface area contributed by atoms with E-state index in [1.807, 2.05) is 13.0 Å². The summed E-state index contributed by atoms with van der Waals surface area (Å²) in [5.74, 6) is -1.15. The molecule has 2 aliphatic rings. The van der Waals surface area contributed by atoms with Crippen molar-refractivity contribution < 1.29 is 18.0 Å². The minimum absolute atomic E-state index is 0.0124. The molecule has 180 valence electrons. The first kappa shape index (κ1) is 23.2. The number of alkyl halides is 3. The number of hydrogen-bond donors (Lipinski definition) is 0. The summed E-state index contributed by atoms with van der Waals surface area (Å²) < 4.78 is 40.4. The van der Waals surface area contributed by atoms with E-state index < -0.39 is 12.0 Å². The number of rotatable bonds is 2. The number of halogens is 5. The zero-order valence-electron chi connectivity index (χ0n) is 18.2. The fraction of sp³-hybridized carbons (Fsp3) is 0.455. The Labute approximate surface area is 203 Å². The molecule has 2 aromatic heterocycles. The number of anilines is 1. The van der Waals surface area contributed by atoms with E-state index in [0.717, 1.165) is 21.2 Å². The minimum Gasteiger partial charge on any atom is -0.369 e. The Kier molecular flexibility index (Phi) is 5.84. The zero-order valence-corrected chi connectivity index (χ0v) is 19.7. The molecule has 1 aromatic carbocycles. The van der Waals surface area contributed by atoms with E-state index in [0.29, 0.717) is 29.6 Å². The number of nitrogens with zero attached hydrogens (tertiary/aromatic N) is 6. The van der Waals surface area contributed by atoms with Crippen LogP contribution in [0.4, 0.5) is 18.9 Å². The maximum atomic E-state index is 13.3. The molecular weight excluding hydrogens is 492 g/mol. The second-order valence-corrected chi connectivity index (χ2v) is 9.63. The maximum Gasteiger partial charge on any atom is 0.451 e. The van der Waals surface area contributed by atoms with Gasteiger partial charge in [-0.15, -0.1) is 10.2 Å². The summed E-state index contributed by atoms with van der Waals surface area (Å²) in [6, 6.07) is 5.48. The second kappa shape index (κ2) is 8.57. The number of carbonyl (C=O) groups excluding carboxylic acids is 1. The topological polar surface area (TPSA) is 67.2 Å². The predicted molar refractivity (Wildman–Crippen MR) is 122 cm³/mol. The largest absolute Gasteiger partial charge is 0.451 e. The van der Waals surface area contributed by atoms with Crippen LogP contribution >= 0.6 is 23.2 Å². The van der Waals surface area contributed by atoms with Crippen molar-refractivity contribution in [1.82, 2.24) is 24.6 Å². The summed E-state index contributed by atoms with van der Waals surface area (Å²) in [7, 11) is 0. The lowest BCUT2D eigenvalue weighted by molar-refractivity contribution is -0.148. The molecule has 2 aliphatic heterocycles. The van der Waals surface area contributed by atoms with Crippen LogP contribution in [0.1, 0.15) is 25.0 Å². The van der Waals surface area contributed by atoms with Crippen LogP contribution in [0.5, 0.6) is 0 Å². The van der Waals surface area contributed by atoms with Gasteiger partial charge >= 0.3 is 6.18 Å². The molecule has 0 unspecified atom stereocenters. The number of benzene rings is 1.